The van der Waals surface area contributed by atoms with Crippen LogP contribution in [0, 0.1) is 0 Å². The highest BCUT2D eigenvalue weighted by atomic mass is 16.5. The van der Waals surface area contributed by atoms with Gasteiger partial charge >= 0.3 is 0 Å². The Morgan fingerprint density at radius 1 is 1.41 bits per heavy atom. The van der Waals surface area contributed by atoms with Crippen LogP contribution in [0.15, 0.2) is 24.3 Å². The summed E-state index contributed by atoms with van der Waals surface area (Å²) < 4.78 is 5.35. The third-order valence-corrected chi connectivity index (χ3v) is 3.34. The summed E-state index contributed by atoms with van der Waals surface area (Å²) in [5, 5.41) is 10.1. The molecule has 1 fully saturated rings. The minimum absolute atomic E-state index is 0.541. The number of nitrogens with zero attached hydrogens (tertiary/aromatic N) is 1. The second-order valence-corrected chi connectivity index (χ2v) is 5.12. The molecular formula is C14H21NO2. The third-order valence-electron chi connectivity index (χ3n) is 3.34. The molecule has 1 aliphatic heterocycles. The van der Waals surface area contributed by atoms with Crippen molar-refractivity contribution in [1.29, 1.82) is 0 Å². The van der Waals surface area contributed by atoms with E-state index in [0.717, 1.165) is 38.2 Å². The number of rotatable bonds is 3. The Kier molecular flexibility index (Phi) is 3.69. The van der Waals surface area contributed by atoms with Gasteiger partial charge in [0.15, 0.2) is 0 Å². The first-order valence-corrected chi connectivity index (χ1v) is 6.17. The molecule has 1 aromatic rings. The van der Waals surface area contributed by atoms with Gasteiger partial charge in [0.05, 0.1) is 12.7 Å². The van der Waals surface area contributed by atoms with Gasteiger partial charge in [0.2, 0.25) is 0 Å². The van der Waals surface area contributed by atoms with Crippen LogP contribution in [0.1, 0.15) is 25.3 Å². The van der Waals surface area contributed by atoms with E-state index in [9.17, 15) is 5.11 Å². The standard InChI is InChI=1S/C14H21NO2/c1-14(16)8-5-9-15(11-14)10-12-6-3-4-7-13(12)17-2/h3-4,6-7,16H,5,8-11H2,1-2H3. The Bertz CT molecular complexity index is 376. The second-order valence-electron chi connectivity index (χ2n) is 5.12. The zero-order chi connectivity index (χ0) is 12.3. The lowest BCUT2D eigenvalue weighted by Crippen LogP contribution is -2.45. The number of hydrogen-bond donors (Lipinski definition) is 1. The molecule has 0 aromatic heterocycles. The summed E-state index contributed by atoms with van der Waals surface area (Å²) >= 11 is 0. The second kappa shape index (κ2) is 5.07. The van der Waals surface area contributed by atoms with Crippen molar-refractivity contribution >= 4 is 0 Å². The van der Waals surface area contributed by atoms with Gasteiger partial charge in [-0.3, -0.25) is 4.90 Å². The molecule has 2 rings (SSSR count). The Balaban J connectivity index is 2.05. The molecular weight excluding hydrogens is 214 g/mol. The van der Waals surface area contributed by atoms with Crippen LogP contribution in [0.2, 0.25) is 0 Å². The summed E-state index contributed by atoms with van der Waals surface area (Å²) in [4.78, 5) is 2.29. The number of β-amino-alcohol motifs (C(OH)–C–C–N with tert-alkyl or cyclic N) is 1. The smallest absolute Gasteiger partial charge is 0.123 e. The van der Waals surface area contributed by atoms with Gasteiger partial charge in [0, 0.05) is 18.7 Å². The summed E-state index contributed by atoms with van der Waals surface area (Å²) in [7, 11) is 1.70. The van der Waals surface area contributed by atoms with Gasteiger partial charge in [-0.05, 0) is 32.4 Å². The highest BCUT2D eigenvalue weighted by Gasteiger charge is 2.28. The van der Waals surface area contributed by atoms with E-state index in [0.29, 0.717) is 0 Å². The molecule has 0 radical (unpaired) electrons. The van der Waals surface area contributed by atoms with Crippen molar-refractivity contribution in [3.63, 3.8) is 0 Å². The normalized spacial score (nSPS) is 25.8. The number of piperidine rings is 1. The summed E-state index contributed by atoms with van der Waals surface area (Å²) in [6.45, 7) is 4.56. The predicted octanol–water partition coefficient (Wildman–Crippen LogP) is 2.04. The summed E-state index contributed by atoms with van der Waals surface area (Å²) in [6, 6.07) is 8.08. The number of likely N-dealkylation sites (tertiary alicyclic amines) is 1. The topological polar surface area (TPSA) is 32.7 Å². The molecule has 1 atom stereocenters. The molecule has 0 bridgehead atoms. The lowest BCUT2D eigenvalue weighted by Gasteiger charge is -2.37. The average molecular weight is 235 g/mol. The Hall–Kier alpha value is -1.06. The largest absolute Gasteiger partial charge is 0.496 e. The van der Waals surface area contributed by atoms with Crippen molar-refractivity contribution in [3.05, 3.63) is 29.8 Å². The van der Waals surface area contributed by atoms with Gasteiger partial charge in [-0.25, -0.2) is 0 Å². The number of hydrogen-bond acceptors (Lipinski definition) is 3. The fourth-order valence-corrected chi connectivity index (χ4v) is 2.53. The van der Waals surface area contributed by atoms with Crippen LogP contribution in [0.3, 0.4) is 0 Å². The third kappa shape index (κ3) is 3.20. The molecule has 17 heavy (non-hydrogen) atoms. The SMILES string of the molecule is COc1ccccc1CN1CCCC(C)(O)C1. The molecule has 0 saturated carbocycles. The highest BCUT2D eigenvalue weighted by molar-refractivity contribution is 5.33. The Morgan fingerprint density at radius 2 is 2.18 bits per heavy atom. The maximum absolute atomic E-state index is 10.1. The van der Waals surface area contributed by atoms with E-state index in [-0.39, 0.29) is 0 Å². The molecule has 0 aliphatic carbocycles. The van der Waals surface area contributed by atoms with E-state index < -0.39 is 5.60 Å². The Labute approximate surface area is 103 Å². The van der Waals surface area contributed by atoms with Crippen LogP contribution >= 0.6 is 0 Å². The van der Waals surface area contributed by atoms with Gasteiger partial charge in [-0.15, -0.1) is 0 Å². The van der Waals surface area contributed by atoms with Crippen LogP contribution < -0.4 is 4.74 Å². The molecule has 1 aromatic carbocycles. The van der Waals surface area contributed by atoms with E-state index in [1.54, 1.807) is 7.11 Å². The molecule has 0 spiro atoms. The van der Waals surface area contributed by atoms with Crippen molar-refractivity contribution in [2.45, 2.75) is 31.9 Å². The van der Waals surface area contributed by atoms with E-state index in [4.69, 9.17) is 4.74 Å². The van der Waals surface area contributed by atoms with Crippen molar-refractivity contribution in [2.24, 2.45) is 0 Å². The van der Waals surface area contributed by atoms with Crippen molar-refractivity contribution in [1.82, 2.24) is 4.90 Å². The van der Waals surface area contributed by atoms with Gasteiger partial charge in [0.25, 0.3) is 0 Å². The van der Waals surface area contributed by atoms with Gasteiger partial charge < -0.3 is 9.84 Å². The monoisotopic (exact) mass is 235 g/mol. The van der Waals surface area contributed by atoms with Gasteiger partial charge in [-0.1, -0.05) is 18.2 Å². The first kappa shape index (κ1) is 12.4. The quantitative estimate of drug-likeness (QED) is 0.870. The number of ether oxygens (including phenoxy) is 1. The minimum Gasteiger partial charge on any atom is -0.496 e. The number of aliphatic hydroxyl groups is 1. The molecule has 1 N–H and O–H groups in total. The number of benzene rings is 1. The molecule has 1 saturated heterocycles. The molecule has 1 aliphatic rings. The van der Waals surface area contributed by atoms with Crippen molar-refractivity contribution < 1.29 is 9.84 Å². The molecule has 3 heteroatoms. The number of methoxy groups -OCH3 is 1. The lowest BCUT2D eigenvalue weighted by molar-refractivity contribution is -0.0183. The van der Waals surface area contributed by atoms with E-state index in [2.05, 4.69) is 11.0 Å². The maximum Gasteiger partial charge on any atom is 0.123 e. The van der Waals surface area contributed by atoms with Crippen molar-refractivity contribution in [3.8, 4) is 5.75 Å². The van der Waals surface area contributed by atoms with Crippen LogP contribution in [0.5, 0.6) is 5.75 Å². The van der Waals surface area contributed by atoms with Gasteiger partial charge in [0.1, 0.15) is 5.75 Å². The zero-order valence-electron chi connectivity index (χ0n) is 10.6. The molecule has 1 unspecified atom stereocenters. The zero-order valence-corrected chi connectivity index (χ0v) is 10.6. The van der Waals surface area contributed by atoms with Crippen LogP contribution in [-0.2, 0) is 6.54 Å². The molecule has 3 nitrogen and oxygen atoms in total. The molecule has 1 heterocycles. The lowest BCUT2D eigenvalue weighted by atomic mass is 9.95. The molecule has 94 valence electrons. The average Bonchev–Trinajstić information content (AvgIpc) is 2.28. The summed E-state index contributed by atoms with van der Waals surface area (Å²) in [5.41, 5.74) is 0.646. The maximum atomic E-state index is 10.1. The van der Waals surface area contributed by atoms with E-state index in [1.165, 1.54) is 5.56 Å². The van der Waals surface area contributed by atoms with Gasteiger partial charge in [-0.2, -0.15) is 0 Å². The fourth-order valence-electron chi connectivity index (χ4n) is 2.53. The molecule has 0 amide bonds. The number of para-hydroxylation sites is 1. The first-order valence-electron chi connectivity index (χ1n) is 6.17. The first-order chi connectivity index (χ1) is 8.11. The highest BCUT2D eigenvalue weighted by Crippen LogP contribution is 2.24. The van der Waals surface area contributed by atoms with E-state index in [1.807, 2.05) is 25.1 Å². The predicted molar refractivity (Wildman–Crippen MR) is 68.1 cm³/mol. The fraction of sp³-hybridized carbons (Fsp3) is 0.571. The summed E-state index contributed by atoms with van der Waals surface area (Å²) in [6.07, 6.45) is 1.96. The van der Waals surface area contributed by atoms with Crippen LogP contribution in [-0.4, -0.2) is 35.8 Å². The van der Waals surface area contributed by atoms with E-state index >= 15 is 0 Å². The minimum atomic E-state index is -0.541. The summed E-state index contributed by atoms with van der Waals surface area (Å²) in [5.74, 6) is 0.928. The Morgan fingerprint density at radius 3 is 2.88 bits per heavy atom. The van der Waals surface area contributed by atoms with Crippen LogP contribution in [0.4, 0.5) is 0 Å². The van der Waals surface area contributed by atoms with Crippen molar-refractivity contribution in [2.75, 3.05) is 20.2 Å². The van der Waals surface area contributed by atoms with Crippen LogP contribution in [0.25, 0.3) is 0 Å².